The summed E-state index contributed by atoms with van der Waals surface area (Å²) < 4.78 is 22.5. The average Bonchev–Trinajstić information content (AvgIpc) is 3.18. The highest BCUT2D eigenvalue weighted by Crippen LogP contribution is 2.27. The Bertz CT molecular complexity index is 1160. The molecule has 0 amide bonds. The van der Waals surface area contributed by atoms with Crippen LogP contribution in [0.1, 0.15) is 45.4 Å². The van der Waals surface area contributed by atoms with Crippen LogP contribution in [-0.4, -0.2) is 38.4 Å². The van der Waals surface area contributed by atoms with Gasteiger partial charge in [0, 0.05) is 38.2 Å². The van der Waals surface area contributed by atoms with Crippen molar-refractivity contribution in [2.24, 2.45) is 11.8 Å². The van der Waals surface area contributed by atoms with E-state index in [0.29, 0.717) is 41.5 Å². The lowest BCUT2D eigenvalue weighted by Crippen LogP contribution is -2.28. The van der Waals surface area contributed by atoms with Gasteiger partial charge in [0.2, 0.25) is 5.95 Å². The van der Waals surface area contributed by atoms with Crippen molar-refractivity contribution in [3.8, 4) is 17.1 Å². The van der Waals surface area contributed by atoms with Gasteiger partial charge in [-0.2, -0.15) is 0 Å². The number of hydrogen-bond acceptors (Lipinski definition) is 5. The summed E-state index contributed by atoms with van der Waals surface area (Å²) >= 11 is 0. The minimum Gasteiger partial charge on any atom is -0.381 e. The highest BCUT2D eigenvalue weighted by molar-refractivity contribution is 5.59. The van der Waals surface area contributed by atoms with Crippen LogP contribution in [-0.2, 0) is 11.3 Å². The molecule has 180 valence electrons. The number of nitrogens with one attached hydrogen (secondary N) is 1. The smallest absolute Gasteiger partial charge is 0.333 e. The molecule has 0 unspecified atom stereocenters. The number of imidazole rings is 1. The molecule has 1 aromatic carbocycles. The molecular weight excluding hydrogens is 433 g/mol. The second-order valence-electron chi connectivity index (χ2n) is 9.68. The van der Waals surface area contributed by atoms with E-state index in [0.717, 1.165) is 44.8 Å². The maximum atomic E-state index is 13.6. The predicted octanol–water partition coefficient (Wildman–Crippen LogP) is 4.65. The van der Waals surface area contributed by atoms with Crippen molar-refractivity contribution in [1.29, 1.82) is 0 Å². The minimum absolute atomic E-state index is 0.150. The zero-order valence-corrected chi connectivity index (χ0v) is 19.6. The van der Waals surface area contributed by atoms with Gasteiger partial charge < -0.3 is 10.1 Å². The van der Waals surface area contributed by atoms with Crippen LogP contribution in [0, 0.1) is 17.7 Å². The number of benzene rings is 1. The van der Waals surface area contributed by atoms with Crippen molar-refractivity contribution >= 4 is 5.95 Å². The molecule has 2 fully saturated rings. The molecule has 2 aliphatic rings. The lowest BCUT2D eigenvalue weighted by molar-refractivity contribution is 0.0609. The molecule has 7 nitrogen and oxygen atoms in total. The SMILES string of the molecule is C[C@H]1CC[C@H](Nc2nccc(-c3cn(CC4CCOCC4)c(=O)n3-c3ccc(F)cc3)n2)CC1. The molecule has 8 heteroatoms. The third-order valence-corrected chi connectivity index (χ3v) is 7.10. The topological polar surface area (TPSA) is 74.0 Å². The number of ether oxygens (including phenoxy) is 1. The van der Waals surface area contributed by atoms with Crippen molar-refractivity contribution in [3.63, 3.8) is 0 Å². The number of rotatable bonds is 6. The van der Waals surface area contributed by atoms with Gasteiger partial charge in [-0.25, -0.2) is 19.2 Å². The zero-order valence-electron chi connectivity index (χ0n) is 19.6. The average molecular weight is 466 g/mol. The molecule has 5 rings (SSSR count). The van der Waals surface area contributed by atoms with Crippen molar-refractivity contribution in [2.75, 3.05) is 18.5 Å². The molecule has 0 atom stereocenters. The van der Waals surface area contributed by atoms with Crippen molar-refractivity contribution in [2.45, 2.75) is 58.0 Å². The first kappa shape index (κ1) is 22.8. The number of anilines is 1. The molecular formula is C26H32FN5O2. The van der Waals surface area contributed by atoms with Crippen LogP contribution < -0.4 is 11.0 Å². The van der Waals surface area contributed by atoms with E-state index < -0.39 is 0 Å². The Kier molecular flexibility index (Phi) is 6.76. The standard InChI is InChI=1S/C26H32FN5O2/c1-18-2-6-21(7-3-18)29-25-28-13-10-23(30-25)24-17-31(16-19-11-14-34-15-12-19)26(33)32(24)22-8-4-20(27)5-9-22/h4-5,8-10,13,17-19,21H,2-3,6-7,11-12,14-16H2,1H3,(H,28,29,30)/t18-,21-. The first-order valence-electron chi connectivity index (χ1n) is 12.3. The number of nitrogens with zero attached hydrogens (tertiary/aromatic N) is 4. The van der Waals surface area contributed by atoms with Gasteiger partial charge in [0.05, 0.1) is 17.1 Å². The van der Waals surface area contributed by atoms with Crippen molar-refractivity contribution in [1.82, 2.24) is 19.1 Å². The van der Waals surface area contributed by atoms with E-state index in [1.165, 1.54) is 25.0 Å². The maximum Gasteiger partial charge on any atom is 0.333 e. The van der Waals surface area contributed by atoms with Gasteiger partial charge in [-0.15, -0.1) is 0 Å². The Morgan fingerprint density at radius 2 is 1.79 bits per heavy atom. The summed E-state index contributed by atoms with van der Waals surface area (Å²) in [5.41, 5.74) is 1.80. The van der Waals surface area contributed by atoms with Gasteiger partial charge in [-0.3, -0.25) is 9.13 Å². The Balaban J connectivity index is 1.48. The van der Waals surface area contributed by atoms with Gasteiger partial charge in [-0.05, 0) is 80.7 Å². The number of aromatic nitrogens is 4. The van der Waals surface area contributed by atoms with E-state index in [1.54, 1.807) is 27.5 Å². The normalized spacial score (nSPS) is 21.5. The second-order valence-corrected chi connectivity index (χ2v) is 9.68. The van der Waals surface area contributed by atoms with E-state index in [-0.39, 0.29) is 11.5 Å². The molecule has 1 aliphatic heterocycles. The van der Waals surface area contributed by atoms with Gasteiger partial charge >= 0.3 is 5.69 Å². The highest BCUT2D eigenvalue weighted by atomic mass is 19.1. The third kappa shape index (κ3) is 5.06. The Hall–Kier alpha value is -3.00. The van der Waals surface area contributed by atoms with Gasteiger partial charge in [0.15, 0.2) is 0 Å². The summed E-state index contributed by atoms with van der Waals surface area (Å²) in [5.74, 6) is 1.40. The van der Waals surface area contributed by atoms with Crippen molar-refractivity contribution in [3.05, 3.63) is 59.0 Å². The molecule has 0 bridgehead atoms. The minimum atomic E-state index is -0.338. The van der Waals surface area contributed by atoms with Crippen LogP contribution in [0.2, 0.25) is 0 Å². The van der Waals surface area contributed by atoms with E-state index in [2.05, 4.69) is 17.2 Å². The predicted molar refractivity (Wildman–Crippen MR) is 130 cm³/mol. The monoisotopic (exact) mass is 465 g/mol. The molecule has 3 heterocycles. The summed E-state index contributed by atoms with van der Waals surface area (Å²) in [7, 11) is 0. The largest absolute Gasteiger partial charge is 0.381 e. The summed E-state index contributed by atoms with van der Waals surface area (Å²) in [5, 5.41) is 3.49. The molecule has 1 N–H and O–H groups in total. The van der Waals surface area contributed by atoms with Crippen LogP contribution in [0.5, 0.6) is 0 Å². The molecule has 1 saturated heterocycles. The summed E-state index contributed by atoms with van der Waals surface area (Å²) in [6.07, 6.45) is 10.1. The van der Waals surface area contributed by atoms with Crippen LogP contribution in [0.3, 0.4) is 0 Å². The molecule has 1 aliphatic carbocycles. The number of halogens is 1. The zero-order chi connectivity index (χ0) is 23.5. The fourth-order valence-electron chi connectivity index (χ4n) is 5.01. The van der Waals surface area contributed by atoms with Crippen LogP contribution in [0.4, 0.5) is 10.3 Å². The summed E-state index contributed by atoms with van der Waals surface area (Å²) in [6, 6.07) is 8.19. The third-order valence-electron chi connectivity index (χ3n) is 7.10. The highest BCUT2D eigenvalue weighted by Gasteiger charge is 2.22. The van der Waals surface area contributed by atoms with Crippen LogP contribution >= 0.6 is 0 Å². The fourth-order valence-corrected chi connectivity index (χ4v) is 5.01. The molecule has 3 aromatic rings. The van der Waals surface area contributed by atoms with Crippen LogP contribution in [0.25, 0.3) is 17.1 Å². The van der Waals surface area contributed by atoms with Crippen LogP contribution in [0.15, 0.2) is 47.5 Å². The lowest BCUT2D eigenvalue weighted by Gasteiger charge is -2.26. The van der Waals surface area contributed by atoms with Crippen molar-refractivity contribution < 1.29 is 9.13 Å². The Morgan fingerprint density at radius 1 is 1.06 bits per heavy atom. The first-order valence-corrected chi connectivity index (χ1v) is 12.3. The van der Waals surface area contributed by atoms with E-state index in [1.807, 2.05) is 12.3 Å². The van der Waals surface area contributed by atoms with E-state index in [9.17, 15) is 9.18 Å². The van der Waals surface area contributed by atoms with Gasteiger partial charge in [-0.1, -0.05) is 6.92 Å². The molecule has 0 spiro atoms. The quantitative estimate of drug-likeness (QED) is 0.574. The van der Waals surface area contributed by atoms with E-state index in [4.69, 9.17) is 9.72 Å². The van der Waals surface area contributed by atoms with E-state index >= 15 is 0 Å². The molecule has 2 aromatic heterocycles. The first-order chi connectivity index (χ1) is 16.6. The van der Waals surface area contributed by atoms with Gasteiger partial charge in [0.1, 0.15) is 5.82 Å². The van der Waals surface area contributed by atoms with Gasteiger partial charge in [0.25, 0.3) is 0 Å². The maximum absolute atomic E-state index is 13.6. The summed E-state index contributed by atoms with van der Waals surface area (Å²) in [4.78, 5) is 22.7. The Labute approximate surface area is 199 Å². The molecule has 0 radical (unpaired) electrons. The second kappa shape index (κ2) is 10.1. The fraction of sp³-hybridized carbons (Fsp3) is 0.500. The Morgan fingerprint density at radius 3 is 2.53 bits per heavy atom. The molecule has 34 heavy (non-hydrogen) atoms. The molecule has 1 saturated carbocycles. The lowest BCUT2D eigenvalue weighted by atomic mass is 9.87. The summed E-state index contributed by atoms with van der Waals surface area (Å²) in [6.45, 7) is 4.38. The number of hydrogen-bond donors (Lipinski definition) is 1.